The van der Waals surface area contributed by atoms with E-state index in [9.17, 15) is 22.0 Å². The van der Waals surface area contributed by atoms with Gasteiger partial charge in [-0.2, -0.15) is 0 Å². The van der Waals surface area contributed by atoms with Gasteiger partial charge < -0.3 is 9.80 Å². The van der Waals surface area contributed by atoms with Crippen molar-refractivity contribution in [2.75, 3.05) is 31.1 Å². The third-order valence-corrected chi connectivity index (χ3v) is 8.48. The Morgan fingerprint density at radius 2 is 1.81 bits per heavy atom. The second kappa shape index (κ2) is 8.16. The number of anilines is 1. The number of halogens is 2. The molecule has 3 aromatic rings. The number of aromatic nitrogens is 1. The fraction of sp³-hybridized carbons (Fsp3) is 0.333. The van der Waals surface area contributed by atoms with Gasteiger partial charge in [0.15, 0.2) is 20.8 Å². The molecule has 4 rings (SSSR count). The van der Waals surface area contributed by atoms with E-state index in [1.54, 1.807) is 30.9 Å². The first-order chi connectivity index (χ1) is 14.7. The topological polar surface area (TPSA) is 70.6 Å². The number of carbonyl (C=O) groups excluding carboxylic acids is 1. The Morgan fingerprint density at radius 1 is 1.10 bits per heavy atom. The lowest BCUT2D eigenvalue weighted by Gasteiger charge is -2.34. The number of carbonyl (C=O) groups is 1. The number of piperazine rings is 1. The van der Waals surface area contributed by atoms with Crippen LogP contribution >= 0.6 is 11.3 Å². The Kier molecular flexibility index (Phi) is 5.69. The van der Waals surface area contributed by atoms with Crippen molar-refractivity contribution in [3.8, 4) is 0 Å². The van der Waals surface area contributed by atoms with Crippen LogP contribution in [0, 0.1) is 11.6 Å². The van der Waals surface area contributed by atoms with Gasteiger partial charge in [-0.05, 0) is 38.1 Å². The summed E-state index contributed by atoms with van der Waals surface area (Å²) in [5.74, 6) is -1.57. The summed E-state index contributed by atoms with van der Waals surface area (Å²) < 4.78 is 52.6. The predicted octanol–water partition coefficient (Wildman–Crippen LogP) is 3.72. The van der Waals surface area contributed by atoms with E-state index in [1.807, 2.05) is 4.90 Å². The Morgan fingerprint density at radius 3 is 2.48 bits per heavy atom. The number of hydrogen-bond donors (Lipinski definition) is 0. The van der Waals surface area contributed by atoms with Gasteiger partial charge in [0.1, 0.15) is 11.3 Å². The molecule has 1 aromatic heterocycles. The normalized spacial score (nSPS) is 15.1. The molecule has 6 nitrogen and oxygen atoms in total. The molecule has 0 saturated carbocycles. The molecule has 2 aromatic carbocycles. The molecule has 1 fully saturated rings. The molecular formula is C21H21F2N3O3S2. The maximum Gasteiger partial charge on any atom is 0.254 e. The smallest absolute Gasteiger partial charge is 0.254 e. The third-order valence-electron chi connectivity index (χ3n) is 5.27. The molecule has 2 heterocycles. The summed E-state index contributed by atoms with van der Waals surface area (Å²) in [5.41, 5.74) is 0.468. The molecule has 0 aliphatic carbocycles. The first kappa shape index (κ1) is 21.6. The van der Waals surface area contributed by atoms with E-state index in [4.69, 9.17) is 0 Å². The number of amides is 1. The van der Waals surface area contributed by atoms with Gasteiger partial charge in [0.25, 0.3) is 5.91 Å². The van der Waals surface area contributed by atoms with Crippen molar-refractivity contribution in [3.05, 3.63) is 53.6 Å². The van der Waals surface area contributed by atoms with Crippen LogP contribution in [0.1, 0.15) is 24.2 Å². The SMILES string of the molecule is CC(C)S(=O)(=O)c1cccc(C(=O)N2CCN(c3nc4c(F)cc(F)cc4s3)CC2)c1. The van der Waals surface area contributed by atoms with Gasteiger partial charge in [-0.25, -0.2) is 22.2 Å². The van der Waals surface area contributed by atoms with Crippen LogP contribution in [0.15, 0.2) is 41.3 Å². The molecule has 0 N–H and O–H groups in total. The van der Waals surface area contributed by atoms with Crippen LogP contribution in [0.3, 0.4) is 0 Å². The Hall–Kier alpha value is -2.59. The van der Waals surface area contributed by atoms with Gasteiger partial charge in [0.05, 0.1) is 14.8 Å². The van der Waals surface area contributed by atoms with Gasteiger partial charge in [0.2, 0.25) is 0 Å². The number of sulfone groups is 1. The lowest BCUT2D eigenvalue weighted by Crippen LogP contribution is -2.48. The van der Waals surface area contributed by atoms with Crippen LogP contribution < -0.4 is 4.90 Å². The van der Waals surface area contributed by atoms with Crippen LogP contribution in [0.25, 0.3) is 10.2 Å². The summed E-state index contributed by atoms with van der Waals surface area (Å²) >= 11 is 1.21. The third kappa shape index (κ3) is 4.14. The van der Waals surface area contributed by atoms with E-state index in [0.717, 1.165) is 6.07 Å². The van der Waals surface area contributed by atoms with Gasteiger partial charge in [-0.15, -0.1) is 0 Å². The number of nitrogens with zero attached hydrogens (tertiary/aromatic N) is 3. The molecule has 0 atom stereocenters. The Bertz CT molecular complexity index is 1250. The van der Waals surface area contributed by atoms with Gasteiger partial charge >= 0.3 is 0 Å². The minimum Gasteiger partial charge on any atom is -0.345 e. The predicted molar refractivity (Wildman–Crippen MR) is 116 cm³/mol. The van der Waals surface area contributed by atoms with Crippen LogP contribution in [0.2, 0.25) is 0 Å². The number of thiazole rings is 1. The highest BCUT2D eigenvalue weighted by molar-refractivity contribution is 7.92. The molecule has 1 aliphatic heterocycles. The minimum absolute atomic E-state index is 0.135. The molecule has 1 amide bonds. The number of rotatable bonds is 4. The average molecular weight is 466 g/mol. The molecule has 1 aliphatic rings. The van der Waals surface area contributed by atoms with E-state index < -0.39 is 26.7 Å². The van der Waals surface area contributed by atoms with E-state index in [0.29, 0.717) is 41.6 Å². The standard InChI is InChI=1S/C21H21F2N3O3S2/c1-13(2)31(28,29)16-5-3-4-14(10-16)20(27)25-6-8-26(9-7-25)21-24-19-17(23)11-15(22)12-18(19)30-21/h3-5,10-13H,6-9H2,1-2H3. The molecular weight excluding hydrogens is 444 g/mol. The van der Waals surface area contributed by atoms with Crippen molar-refractivity contribution in [2.24, 2.45) is 0 Å². The maximum absolute atomic E-state index is 13.9. The molecule has 10 heteroatoms. The van der Waals surface area contributed by atoms with Crippen molar-refractivity contribution in [1.82, 2.24) is 9.88 Å². The molecule has 0 unspecified atom stereocenters. The fourth-order valence-electron chi connectivity index (χ4n) is 3.44. The first-order valence-electron chi connectivity index (χ1n) is 9.80. The van der Waals surface area contributed by atoms with Crippen molar-refractivity contribution in [1.29, 1.82) is 0 Å². The lowest BCUT2D eigenvalue weighted by atomic mass is 10.2. The molecule has 164 valence electrons. The minimum atomic E-state index is -3.47. The zero-order valence-electron chi connectivity index (χ0n) is 17.0. The van der Waals surface area contributed by atoms with Crippen molar-refractivity contribution >= 4 is 42.4 Å². The van der Waals surface area contributed by atoms with Gasteiger partial charge in [-0.1, -0.05) is 17.4 Å². The summed E-state index contributed by atoms with van der Waals surface area (Å²) in [6.45, 7) is 5.00. The van der Waals surface area contributed by atoms with E-state index >= 15 is 0 Å². The number of hydrogen-bond acceptors (Lipinski definition) is 6. The van der Waals surface area contributed by atoms with E-state index in [2.05, 4.69) is 4.98 Å². The quantitative estimate of drug-likeness (QED) is 0.587. The second-order valence-electron chi connectivity index (χ2n) is 7.63. The highest BCUT2D eigenvalue weighted by Crippen LogP contribution is 2.31. The summed E-state index contributed by atoms with van der Waals surface area (Å²) in [6, 6.07) is 8.19. The summed E-state index contributed by atoms with van der Waals surface area (Å²) in [7, 11) is -3.47. The number of benzene rings is 2. The van der Waals surface area contributed by atoms with Crippen molar-refractivity contribution in [2.45, 2.75) is 24.0 Å². The van der Waals surface area contributed by atoms with Crippen molar-refractivity contribution < 1.29 is 22.0 Å². The second-order valence-corrected chi connectivity index (χ2v) is 11.1. The van der Waals surface area contributed by atoms with Crippen LogP contribution in [-0.2, 0) is 9.84 Å². The largest absolute Gasteiger partial charge is 0.345 e. The molecule has 0 spiro atoms. The van der Waals surface area contributed by atoms with Crippen LogP contribution in [0.5, 0.6) is 0 Å². The first-order valence-corrected chi connectivity index (χ1v) is 12.2. The summed E-state index contributed by atoms with van der Waals surface area (Å²) in [6.07, 6.45) is 0. The van der Waals surface area contributed by atoms with Gasteiger partial charge in [0, 0.05) is 37.8 Å². The lowest BCUT2D eigenvalue weighted by molar-refractivity contribution is 0.0746. The maximum atomic E-state index is 13.9. The molecule has 31 heavy (non-hydrogen) atoms. The van der Waals surface area contributed by atoms with E-state index in [1.165, 1.54) is 29.5 Å². The molecule has 0 bridgehead atoms. The fourth-order valence-corrected chi connectivity index (χ4v) is 5.60. The monoisotopic (exact) mass is 465 g/mol. The average Bonchev–Trinajstić information content (AvgIpc) is 3.18. The zero-order chi connectivity index (χ0) is 22.3. The highest BCUT2D eigenvalue weighted by atomic mass is 32.2. The Labute approximate surface area is 183 Å². The van der Waals surface area contributed by atoms with Gasteiger partial charge in [-0.3, -0.25) is 4.79 Å². The molecule has 0 radical (unpaired) electrons. The highest BCUT2D eigenvalue weighted by Gasteiger charge is 2.26. The molecule has 1 saturated heterocycles. The number of fused-ring (bicyclic) bond motifs is 1. The zero-order valence-corrected chi connectivity index (χ0v) is 18.6. The Balaban J connectivity index is 1.48. The van der Waals surface area contributed by atoms with Crippen LogP contribution in [0.4, 0.5) is 13.9 Å². The van der Waals surface area contributed by atoms with Crippen LogP contribution in [-0.4, -0.2) is 55.6 Å². The van der Waals surface area contributed by atoms with Crippen molar-refractivity contribution in [3.63, 3.8) is 0 Å². The summed E-state index contributed by atoms with van der Waals surface area (Å²) in [4.78, 5) is 20.9. The summed E-state index contributed by atoms with van der Waals surface area (Å²) in [5, 5.41) is 0.00476. The van der Waals surface area contributed by atoms with E-state index in [-0.39, 0.29) is 16.3 Å².